The van der Waals surface area contributed by atoms with Crippen LogP contribution in [-0.4, -0.2) is 11.9 Å². The van der Waals surface area contributed by atoms with Gasteiger partial charge in [0.25, 0.3) is 0 Å². The molecule has 0 spiro atoms. The molecule has 0 atom stereocenters. The van der Waals surface area contributed by atoms with Gasteiger partial charge in [-0.2, -0.15) is 0 Å². The van der Waals surface area contributed by atoms with Crippen LogP contribution in [0, 0.1) is 0 Å². The quantitative estimate of drug-likeness (QED) is 0.130. The SMILES string of the molecule is CCCCCCCCC(C=Nc1ccc(CC)c(CC)c1)=Nc1ccc(CC)c(CC)c1.[Pd]. The number of aliphatic imine (C=N–C) groups is 2. The van der Waals surface area contributed by atoms with Crippen LogP contribution >= 0.6 is 0 Å². The van der Waals surface area contributed by atoms with Gasteiger partial charge in [-0.25, -0.2) is 0 Å². The number of aryl methyl sites for hydroxylation is 4. The molecule has 0 aliphatic heterocycles. The summed E-state index contributed by atoms with van der Waals surface area (Å²) in [6.07, 6.45) is 15.0. The second-order valence-electron chi connectivity index (χ2n) is 8.70. The fourth-order valence-corrected chi connectivity index (χ4v) is 4.27. The second-order valence-corrected chi connectivity index (χ2v) is 8.70. The molecule has 2 aromatic carbocycles. The summed E-state index contributed by atoms with van der Waals surface area (Å²) in [6.45, 7) is 11.2. The van der Waals surface area contributed by atoms with Gasteiger partial charge in [0.05, 0.1) is 17.1 Å². The first kappa shape index (κ1) is 29.5. The Morgan fingerprint density at radius 1 is 0.636 bits per heavy atom. The van der Waals surface area contributed by atoms with Gasteiger partial charge in [0.15, 0.2) is 0 Å². The number of unbranched alkanes of at least 4 members (excludes halogenated alkanes) is 5. The maximum atomic E-state index is 5.04. The topological polar surface area (TPSA) is 24.7 Å². The molecule has 33 heavy (non-hydrogen) atoms. The molecular weight excluding hydrogens is 495 g/mol. The van der Waals surface area contributed by atoms with Crippen molar-refractivity contribution in [1.82, 2.24) is 0 Å². The Balaban J connectivity index is 0.00000544. The second kappa shape index (κ2) is 17.0. The van der Waals surface area contributed by atoms with Gasteiger partial charge < -0.3 is 0 Å². The van der Waals surface area contributed by atoms with Gasteiger partial charge in [-0.3, -0.25) is 9.98 Å². The summed E-state index contributed by atoms with van der Waals surface area (Å²) in [5.41, 5.74) is 8.85. The Morgan fingerprint density at radius 2 is 1.15 bits per heavy atom. The molecule has 0 bridgehead atoms. The van der Waals surface area contributed by atoms with Crippen LogP contribution in [0.2, 0.25) is 0 Å². The summed E-state index contributed by atoms with van der Waals surface area (Å²) in [6, 6.07) is 13.3. The molecule has 0 unspecified atom stereocenters. The normalized spacial score (nSPS) is 11.7. The largest absolute Gasteiger partial charge is 0.255 e. The number of hydrogen-bond donors (Lipinski definition) is 0. The van der Waals surface area contributed by atoms with Gasteiger partial charge in [-0.15, -0.1) is 0 Å². The van der Waals surface area contributed by atoms with Crippen molar-refractivity contribution in [2.75, 3.05) is 0 Å². The summed E-state index contributed by atoms with van der Waals surface area (Å²) in [5, 5.41) is 0. The molecule has 3 heteroatoms. The minimum atomic E-state index is 0. The van der Waals surface area contributed by atoms with Crippen molar-refractivity contribution in [3.8, 4) is 0 Å². The van der Waals surface area contributed by atoms with E-state index in [1.165, 1.54) is 60.8 Å². The van der Waals surface area contributed by atoms with Crippen molar-refractivity contribution in [3.63, 3.8) is 0 Å². The average Bonchev–Trinajstić information content (AvgIpc) is 2.83. The molecule has 0 radical (unpaired) electrons. The van der Waals surface area contributed by atoms with E-state index in [-0.39, 0.29) is 20.4 Å². The smallest absolute Gasteiger partial charge is 0.0636 e. The van der Waals surface area contributed by atoms with Crippen LogP contribution in [0.15, 0.2) is 46.4 Å². The number of nitrogens with zero attached hydrogens (tertiary/aromatic N) is 2. The number of benzene rings is 2. The van der Waals surface area contributed by atoms with E-state index >= 15 is 0 Å². The molecule has 0 aromatic heterocycles. The van der Waals surface area contributed by atoms with Crippen LogP contribution < -0.4 is 0 Å². The van der Waals surface area contributed by atoms with Crippen molar-refractivity contribution >= 4 is 23.3 Å². The van der Waals surface area contributed by atoms with Crippen molar-refractivity contribution in [2.24, 2.45) is 9.98 Å². The molecule has 0 heterocycles. The van der Waals surface area contributed by atoms with E-state index < -0.39 is 0 Å². The van der Waals surface area contributed by atoms with Gasteiger partial charge in [0.1, 0.15) is 0 Å². The summed E-state index contributed by atoms with van der Waals surface area (Å²) in [5.74, 6) is 0. The predicted octanol–water partition coefficient (Wildman–Crippen LogP) is 9.16. The van der Waals surface area contributed by atoms with E-state index in [0.29, 0.717) is 0 Å². The minimum absolute atomic E-state index is 0. The molecular formula is C30H44N2Pd. The molecule has 0 fully saturated rings. The van der Waals surface area contributed by atoms with Crippen LogP contribution in [-0.2, 0) is 46.1 Å². The van der Waals surface area contributed by atoms with E-state index in [0.717, 1.165) is 49.2 Å². The monoisotopic (exact) mass is 538 g/mol. The van der Waals surface area contributed by atoms with Crippen LogP contribution in [0.5, 0.6) is 0 Å². The molecule has 0 saturated heterocycles. The molecule has 0 aliphatic carbocycles. The van der Waals surface area contributed by atoms with Gasteiger partial charge in [0.2, 0.25) is 0 Å². The molecule has 2 rings (SSSR count). The van der Waals surface area contributed by atoms with Gasteiger partial charge in [0, 0.05) is 26.6 Å². The van der Waals surface area contributed by atoms with E-state index in [9.17, 15) is 0 Å². The summed E-state index contributed by atoms with van der Waals surface area (Å²) >= 11 is 0. The van der Waals surface area contributed by atoms with E-state index in [1.807, 2.05) is 6.21 Å². The zero-order valence-electron chi connectivity index (χ0n) is 21.5. The molecule has 0 aliphatic rings. The molecule has 0 saturated carbocycles. The van der Waals surface area contributed by atoms with Gasteiger partial charge in [-0.1, -0.05) is 78.9 Å². The van der Waals surface area contributed by atoms with E-state index in [2.05, 4.69) is 71.0 Å². The van der Waals surface area contributed by atoms with Crippen LogP contribution in [0.1, 0.15) is 102 Å². The number of hydrogen-bond acceptors (Lipinski definition) is 2. The first-order chi connectivity index (χ1) is 15.6. The van der Waals surface area contributed by atoms with E-state index in [1.54, 1.807) is 0 Å². The molecule has 2 nitrogen and oxygen atoms in total. The average molecular weight is 539 g/mol. The van der Waals surface area contributed by atoms with Crippen molar-refractivity contribution in [3.05, 3.63) is 58.7 Å². The van der Waals surface area contributed by atoms with Gasteiger partial charge in [-0.05, 0) is 85.0 Å². The maximum Gasteiger partial charge on any atom is 0.0636 e. The molecule has 0 amide bonds. The Morgan fingerprint density at radius 3 is 1.73 bits per heavy atom. The first-order valence-electron chi connectivity index (χ1n) is 13.0. The van der Waals surface area contributed by atoms with Crippen LogP contribution in [0.3, 0.4) is 0 Å². The molecule has 184 valence electrons. The fourth-order valence-electron chi connectivity index (χ4n) is 4.27. The Hall–Kier alpha value is -1.56. The predicted molar refractivity (Wildman–Crippen MR) is 144 cm³/mol. The van der Waals surface area contributed by atoms with Crippen molar-refractivity contribution in [2.45, 2.75) is 105 Å². The van der Waals surface area contributed by atoms with Crippen molar-refractivity contribution < 1.29 is 20.4 Å². The Labute approximate surface area is 217 Å². The third-order valence-electron chi connectivity index (χ3n) is 6.33. The van der Waals surface area contributed by atoms with E-state index in [4.69, 9.17) is 9.98 Å². The third kappa shape index (κ3) is 10.1. The van der Waals surface area contributed by atoms with Crippen LogP contribution in [0.4, 0.5) is 11.4 Å². The Bertz CT molecular complexity index is 883. The first-order valence-corrected chi connectivity index (χ1v) is 13.0. The Kier molecular flexibility index (Phi) is 15.2. The maximum absolute atomic E-state index is 5.04. The minimum Gasteiger partial charge on any atom is -0.255 e. The standard InChI is InChI=1S/C30H44N2.Pd/c1-6-11-12-13-14-15-16-30(32-29-20-18-25(8-3)27(10-5)22-29)23-31-28-19-17-24(7-2)26(9-4)21-28;/h17-23H,6-16H2,1-5H3;. The summed E-state index contributed by atoms with van der Waals surface area (Å²) < 4.78 is 0. The van der Waals surface area contributed by atoms with Gasteiger partial charge >= 0.3 is 0 Å². The van der Waals surface area contributed by atoms with Crippen molar-refractivity contribution in [1.29, 1.82) is 0 Å². The number of rotatable bonds is 14. The van der Waals surface area contributed by atoms with Crippen LogP contribution in [0.25, 0.3) is 0 Å². The summed E-state index contributed by atoms with van der Waals surface area (Å²) in [4.78, 5) is 9.87. The third-order valence-corrected chi connectivity index (χ3v) is 6.33. The molecule has 0 N–H and O–H groups in total. The zero-order valence-corrected chi connectivity index (χ0v) is 23.1. The summed E-state index contributed by atoms with van der Waals surface area (Å²) in [7, 11) is 0. The molecule has 2 aromatic rings. The fraction of sp³-hybridized carbons (Fsp3) is 0.533. The zero-order chi connectivity index (χ0) is 23.2.